The fraction of sp³-hybridized carbons (Fsp3) is 0.120. The molecule has 0 aliphatic carbocycles. The van der Waals surface area contributed by atoms with Crippen molar-refractivity contribution in [3.8, 4) is 0 Å². The lowest BCUT2D eigenvalue weighted by Crippen LogP contribution is -2.30. The van der Waals surface area contributed by atoms with Gasteiger partial charge < -0.3 is 10.1 Å². The number of esters is 1. The first-order valence-corrected chi connectivity index (χ1v) is 9.60. The van der Waals surface area contributed by atoms with Gasteiger partial charge in [-0.05, 0) is 39.6 Å². The lowest BCUT2D eigenvalue weighted by Gasteiger charge is -2.11. The molecule has 0 atom stereocenters. The summed E-state index contributed by atoms with van der Waals surface area (Å²) in [6.45, 7) is 0.197. The highest BCUT2D eigenvalue weighted by Gasteiger charge is 2.17. The number of ether oxygens (including phenoxy) is 1. The van der Waals surface area contributed by atoms with Gasteiger partial charge in [-0.2, -0.15) is 0 Å². The van der Waals surface area contributed by atoms with E-state index in [1.54, 1.807) is 0 Å². The van der Waals surface area contributed by atoms with Crippen molar-refractivity contribution in [1.29, 1.82) is 0 Å². The predicted octanol–water partition coefficient (Wildman–Crippen LogP) is 4.51. The predicted molar refractivity (Wildman–Crippen MR) is 115 cm³/mol. The van der Waals surface area contributed by atoms with E-state index in [0.29, 0.717) is 12.1 Å². The normalized spacial score (nSPS) is 10.8. The van der Waals surface area contributed by atoms with Gasteiger partial charge in [-0.3, -0.25) is 4.79 Å². The molecule has 0 aliphatic heterocycles. The topological polar surface area (TPSA) is 55.4 Å². The van der Waals surface area contributed by atoms with Crippen molar-refractivity contribution in [3.63, 3.8) is 0 Å². The smallest absolute Gasteiger partial charge is 0.339 e. The maximum Gasteiger partial charge on any atom is 0.339 e. The van der Waals surface area contributed by atoms with Gasteiger partial charge in [-0.15, -0.1) is 0 Å². The Morgan fingerprint density at radius 3 is 2.00 bits per heavy atom. The molecule has 4 aromatic rings. The Morgan fingerprint density at radius 2 is 1.34 bits per heavy atom. The molecule has 4 heteroatoms. The lowest BCUT2D eigenvalue weighted by molar-refractivity contribution is -0.124. The zero-order chi connectivity index (χ0) is 20.1. The summed E-state index contributed by atoms with van der Waals surface area (Å²) in [5, 5.41) is 6.36. The van der Waals surface area contributed by atoms with Crippen LogP contribution in [0.15, 0.2) is 84.9 Å². The largest absolute Gasteiger partial charge is 0.452 e. The van der Waals surface area contributed by atoms with E-state index >= 15 is 0 Å². The van der Waals surface area contributed by atoms with Crippen LogP contribution in [0.25, 0.3) is 21.5 Å². The van der Waals surface area contributed by atoms with Gasteiger partial charge in [0, 0.05) is 6.54 Å². The van der Waals surface area contributed by atoms with Gasteiger partial charge in [0.1, 0.15) is 0 Å². The van der Waals surface area contributed by atoms with Crippen LogP contribution in [-0.4, -0.2) is 25.0 Å². The lowest BCUT2D eigenvalue weighted by atomic mass is 9.97. The summed E-state index contributed by atoms with van der Waals surface area (Å²) in [7, 11) is 0. The fourth-order valence-electron chi connectivity index (χ4n) is 3.48. The molecular weight excluding hydrogens is 362 g/mol. The standard InChI is InChI=1S/C25H21NO3/c27-23(26-15-14-18-8-2-1-3-9-18)17-29-25(28)24-21-12-6-4-10-19(21)16-20-11-5-7-13-22(20)24/h1-13,16H,14-15,17H2,(H,26,27). The highest BCUT2D eigenvalue weighted by molar-refractivity contribution is 6.16. The third-order valence-corrected chi connectivity index (χ3v) is 4.89. The van der Waals surface area contributed by atoms with Crippen LogP contribution in [0.3, 0.4) is 0 Å². The van der Waals surface area contributed by atoms with Gasteiger partial charge in [0.05, 0.1) is 5.56 Å². The molecule has 0 radical (unpaired) electrons. The number of hydrogen-bond acceptors (Lipinski definition) is 3. The minimum absolute atomic E-state index is 0.300. The van der Waals surface area contributed by atoms with Crippen LogP contribution in [0.4, 0.5) is 0 Å². The summed E-state index contributed by atoms with van der Waals surface area (Å²) < 4.78 is 5.36. The maximum atomic E-state index is 12.9. The van der Waals surface area contributed by atoms with E-state index < -0.39 is 5.97 Å². The first kappa shape index (κ1) is 18.7. The molecule has 4 nitrogen and oxygen atoms in total. The van der Waals surface area contributed by atoms with Gasteiger partial charge in [0.15, 0.2) is 6.61 Å². The molecule has 29 heavy (non-hydrogen) atoms. The van der Waals surface area contributed by atoms with Crippen LogP contribution >= 0.6 is 0 Å². The Bertz CT molecular complexity index is 1110. The first-order valence-electron chi connectivity index (χ1n) is 9.60. The maximum absolute atomic E-state index is 12.9. The molecule has 0 saturated carbocycles. The number of fused-ring (bicyclic) bond motifs is 2. The number of nitrogens with one attached hydrogen (secondary N) is 1. The number of carbonyl (C=O) groups is 2. The van der Waals surface area contributed by atoms with Gasteiger partial charge >= 0.3 is 5.97 Å². The summed E-state index contributed by atoms with van der Waals surface area (Å²) in [6, 6.07) is 27.4. The minimum atomic E-state index is -0.490. The van der Waals surface area contributed by atoms with Crippen molar-refractivity contribution in [2.75, 3.05) is 13.2 Å². The van der Waals surface area contributed by atoms with E-state index in [0.717, 1.165) is 33.5 Å². The molecule has 1 N–H and O–H groups in total. The zero-order valence-corrected chi connectivity index (χ0v) is 15.9. The average Bonchev–Trinajstić information content (AvgIpc) is 2.76. The molecule has 0 unspecified atom stereocenters. The minimum Gasteiger partial charge on any atom is -0.452 e. The molecule has 0 aromatic heterocycles. The van der Waals surface area contributed by atoms with Crippen molar-refractivity contribution >= 4 is 33.4 Å². The SMILES string of the molecule is O=C(COC(=O)c1c2ccccc2cc2ccccc12)NCCc1ccccc1. The molecule has 4 aromatic carbocycles. The second-order valence-corrected chi connectivity index (χ2v) is 6.86. The molecule has 0 heterocycles. The molecule has 144 valence electrons. The Balaban J connectivity index is 1.45. The molecular formula is C25H21NO3. The Kier molecular flexibility index (Phi) is 5.52. The van der Waals surface area contributed by atoms with E-state index in [-0.39, 0.29) is 12.5 Å². The van der Waals surface area contributed by atoms with Crippen molar-refractivity contribution in [3.05, 3.63) is 96.1 Å². The van der Waals surface area contributed by atoms with Crippen LogP contribution < -0.4 is 5.32 Å². The third kappa shape index (κ3) is 4.27. The summed E-state index contributed by atoms with van der Waals surface area (Å²) >= 11 is 0. The second kappa shape index (κ2) is 8.57. The van der Waals surface area contributed by atoms with Crippen molar-refractivity contribution in [1.82, 2.24) is 5.32 Å². The quantitative estimate of drug-likeness (QED) is 0.394. The van der Waals surface area contributed by atoms with Crippen LogP contribution in [0.5, 0.6) is 0 Å². The Morgan fingerprint density at radius 1 is 0.759 bits per heavy atom. The number of hydrogen-bond donors (Lipinski definition) is 1. The molecule has 4 rings (SSSR count). The van der Waals surface area contributed by atoms with E-state index in [1.807, 2.05) is 78.9 Å². The van der Waals surface area contributed by atoms with Crippen molar-refractivity contribution in [2.24, 2.45) is 0 Å². The van der Waals surface area contributed by atoms with E-state index in [2.05, 4.69) is 11.4 Å². The molecule has 0 bridgehead atoms. The van der Waals surface area contributed by atoms with E-state index in [9.17, 15) is 9.59 Å². The number of amides is 1. The summed E-state index contributed by atoms with van der Waals surface area (Å²) in [5.74, 6) is -0.796. The van der Waals surface area contributed by atoms with Gasteiger partial charge in [-0.1, -0.05) is 78.9 Å². The number of rotatable bonds is 6. The average molecular weight is 383 g/mol. The van der Waals surface area contributed by atoms with Crippen LogP contribution in [-0.2, 0) is 16.0 Å². The van der Waals surface area contributed by atoms with E-state index in [4.69, 9.17) is 4.74 Å². The van der Waals surface area contributed by atoms with E-state index in [1.165, 1.54) is 0 Å². The van der Waals surface area contributed by atoms with Crippen molar-refractivity contribution in [2.45, 2.75) is 6.42 Å². The first-order chi connectivity index (χ1) is 14.2. The Labute approximate surface area is 169 Å². The molecule has 0 saturated heterocycles. The van der Waals surface area contributed by atoms with Crippen LogP contribution in [0, 0.1) is 0 Å². The highest BCUT2D eigenvalue weighted by Crippen LogP contribution is 2.29. The van der Waals surface area contributed by atoms with Gasteiger partial charge in [-0.25, -0.2) is 4.79 Å². The second-order valence-electron chi connectivity index (χ2n) is 6.86. The zero-order valence-electron chi connectivity index (χ0n) is 15.9. The Hall–Kier alpha value is -3.66. The monoisotopic (exact) mass is 383 g/mol. The third-order valence-electron chi connectivity index (χ3n) is 4.89. The molecule has 0 aliphatic rings. The fourth-order valence-corrected chi connectivity index (χ4v) is 3.48. The molecule has 1 amide bonds. The number of benzene rings is 4. The van der Waals surface area contributed by atoms with Crippen LogP contribution in [0.1, 0.15) is 15.9 Å². The van der Waals surface area contributed by atoms with Crippen LogP contribution in [0.2, 0.25) is 0 Å². The van der Waals surface area contributed by atoms with Crippen molar-refractivity contribution < 1.29 is 14.3 Å². The highest BCUT2D eigenvalue weighted by atomic mass is 16.5. The van der Waals surface area contributed by atoms with Gasteiger partial charge in [0.25, 0.3) is 5.91 Å². The summed E-state index contributed by atoms with van der Waals surface area (Å²) in [5.41, 5.74) is 1.64. The summed E-state index contributed by atoms with van der Waals surface area (Å²) in [6.07, 6.45) is 0.731. The molecule has 0 spiro atoms. The van der Waals surface area contributed by atoms with Gasteiger partial charge in [0.2, 0.25) is 0 Å². The summed E-state index contributed by atoms with van der Waals surface area (Å²) in [4.78, 5) is 25.0. The molecule has 0 fully saturated rings. The number of carbonyl (C=O) groups excluding carboxylic acids is 2.